The highest BCUT2D eigenvalue weighted by atomic mass is 16.5. The summed E-state index contributed by atoms with van der Waals surface area (Å²) in [6.45, 7) is 6.41. The van der Waals surface area contributed by atoms with Crippen molar-refractivity contribution in [1.82, 2.24) is 10.2 Å². The van der Waals surface area contributed by atoms with Crippen LogP contribution in [-0.2, 0) is 9.53 Å². The molecule has 1 aliphatic heterocycles. The normalized spacial score (nSPS) is 26.6. The summed E-state index contributed by atoms with van der Waals surface area (Å²) in [4.78, 5) is 28.8. The number of nitrogens with zero attached hydrogens (tertiary/aromatic N) is 1. The zero-order valence-electron chi connectivity index (χ0n) is 18.6. The summed E-state index contributed by atoms with van der Waals surface area (Å²) >= 11 is 0. The van der Waals surface area contributed by atoms with Gasteiger partial charge in [-0.2, -0.15) is 0 Å². The summed E-state index contributed by atoms with van der Waals surface area (Å²) in [5.41, 5.74) is 1.98. The molecular weight excluding hydrogens is 388 g/mol. The Morgan fingerprint density at radius 1 is 1.10 bits per heavy atom. The Morgan fingerprint density at radius 2 is 1.81 bits per heavy atom. The van der Waals surface area contributed by atoms with E-state index in [4.69, 9.17) is 4.74 Å². The second-order valence-corrected chi connectivity index (χ2v) is 9.14. The molecule has 2 aromatic rings. The number of carbonyl (C=O) groups excluding carboxylic acids is 2. The van der Waals surface area contributed by atoms with E-state index in [1.807, 2.05) is 68.4 Å². The topological polar surface area (TPSA) is 58.6 Å². The maximum atomic E-state index is 13.7. The van der Waals surface area contributed by atoms with E-state index >= 15 is 0 Å². The van der Waals surface area contributed by atoms with Gasteiger partial charge in [0.05, 0.1) is 12.6 Å². The minimum atomic E-state index is -0.689. The van der Waals surface area contributed by atoms with Crippen LogP contribution >= 0.6 is 0 Å². The highest BCUT2D eigenvalue weighted by Crippen LogP contribution is 2.43. The molecule has 31 heavy (non-hydrogen) atoms. The number of carbonyl (C=O) groups is 2. The first-order valence-corrected chi connectivity index (χ1v) is 11.3. The molecule has 4 rings (SSSR count). The molecule has 5 heteroatoms. The number of aryl methyl sites for hydroxylation is 1. The van der Waals surface area contributed by atoms with Crippen molar-refractivity contribution < 1.29 is 14.3 Å². The maximum Gasteiger partial charge on any atom is 0.256 e. The molecule has 164 valence electrons. The van der Waals surface area contributed by atoms with Gasteiger partial charge in [0.15, 0.2) is 0 Å². The number of nitrogens with one attached hydrogen (secondary N) is 1. The standard InChI is InChI=1S/C26H32N2O3/c1-18-12-14-26(15-13-18)28(25(30)22-11-7-8-19(2)16-22)23(17-31-26)24(29)27-20(3)21-9-5-4-6-10-21/h4-11,16,18,20,23H,12-15,17H2,1-3H3,(H,27,29). The van der Waals surface area contributed by atoms with Gasteiger partial charge in [0.25, 0.3) is 5.91 Å². The third-order valence-corrected chi connectivity index (χ3v) is 6.76. The molecule has 2 unspecified atom stereocenters. The second kappa shape index (κ2) is 8.83. The molecule has 2 atom stereocenters. The summed E-state index contributed by atoms with van der Waals surface area (Å²) < 4.78 is 6.28. The lowest BCUT2D eigenvalue weighted by Gasteiger charge is -2.43. The van der Waals surface area contributed by atoms with E-state index in [-0.39, 0.29) is 24.5 Å². The molecule has 1 saturated carbocycles. The van der Waals surface area contributed by atoms with Crippen molar-refractivity contribution in [3.05, 3.63) is 71.3 Å². The molecule has 2 aromatic carbocycles. The predicted octanol–water partition coefficient (Wildman–Crippen LogP) is 4.62. The summed E-state index contributed by atoms with van der Waals surface area (Å²) in [5.74, 6) is 0.326. The van der Waals surface area contributed by atoms with Crippen molar-refractivity contribution in [2.75, 3.05) is 6.61 Å². The number of hydrogen-bond donors (Lipinski definition) is 1. The fraction of sp³-hybridized carbons (Fsp3) is 0.462. The van der Waals surface area contributed by atoms with Crippen LogP contribution in [-0.4, -0.2) is 35.1 Å². The molecule has 1 saturated heterocycles. The zero-order valence-corrected chi connectivity index (χ0v) is 18.6. The van der Waals surface area contributed by atoms with Gasteiger partial charge in [0.2, 0.25) is 5.91 Å². The van der Waals surface area contributed by atoms with Crippen molar-refractivity contribution in [3.63, 3.8) is 0 Å². The molecule has 2 amide bonds. The molecule has 2 fully saturated rings. The van der Waals surface area contributed by atoms with E-state index < -0.39 is 11.8 Å². The first kappa shape index (κ1) is 21.6. The van der Waals surface area contributed by atoms with Gasteiger partial charge in [-0.05, 0) is 63.1 Å². The van der Waals surface area contributed by atoms with E-state index in [0.717, 1.165) is 36.8 Å². The molecule has 0 radical (unpaired) electrons. The summed E-state index contributed by atoms with van der Waals surface area (Å²) in [6.07, 6.45) is 3.52. The molecule has 0 aromatic heterocycles. The fourth-order valence-corrected chi connectivity index (χ4v) is 4.83. The van der Waals surface area contributed by atoms with E-state index in [1.165, 1.54) is 0 Å². The van der Waals surface area contributed by atoms with Crippen LogP contribution in [0.25, 0.3) is 0 Å². The van der Waals surface area contributed by atoms with Gasteiger partial charge in [0.1, 0.15) is 11.8 Å². The average molecular weight is 421 g/mol. The Kier molecular flexibility index (Phi) is 6.15. The third kappa shape index (κ3) is 4.38. The van der Waals surface area contributed by atoms with Crippen molar-refractivity contribution >= 4 is 11.8 Å². The van der Waals surface area contributed by atoms with Crippen molar-refractivity contribution in [2.45, 2.75) is 64.3 Å². The van der Waals surface area contributed by atoms with Crippen molar-refractivity contribution in [2.24, 2.45) is 5.92 Å². The fourth-order valence-electron chi connectivity index (χ4n) is 4.83. The van der Waals surface area contributed by atoms with Crippen molar-refractivity contribution in [3.8, 4) is 0 Å². The minimum absolute atomic E-state index is 0.122. The molecule has 0 bridgehead atoms. The lowest BCUT2D eigenvalue weighted by atomic mass is 9.83. The van der Waals surface area contributed by atoms with Crippen LogP contribution in [0.3, 0.4) is 0 Å². The Hall–Kier alpha value is -2.66. The van der Waals surface area contributed by atoms with Crippen LogP contribution in [0, 0.1) is 12.8 Å². The van der Waals surface area contributed by atoms with E-state index in [2.05, 4.69) is 12.2 Å². The lowest BCUT2D eigenvalue weighted by molar-refractivity contribution is -0.128. The first-order chi connectivity index (χ1) is 14.9. The zero-order chi connectivity index (χ0) is 22.0. The van der Waals surface area contributed by atoms with Gasteiger partial charge in [-0.15, -0.1) is 0 Å². The average Bonchev–Trinajstić information content (AvgIpc) is 3.15. The largest absolute Gasteiger partial charge is 0.353 e. The van der Waals surface area contributed by atoms with E-state index in [9.17, 15) is 9.59 Å². The lowest BCUT2D eigenvalue weighted by Crippen LogP contribution is -2.57. The van der Waals surface area contributed by atoms with Crippen LogP contribution < -0.4 is 5.32 Å². The minimum Gasteiger partial charge on any atom is -0.353 e. The first-order valence-electron chi connectivity index (χ1n) is 11.3. The number of hydrogen-bond acceptors (Lipinski definition) is 3. The second-order valence-electron chi connectivity index (χ2n) is 9.14. The van der Waals surface area contributed by atoms with Gasteiger partial charge in [0, 0.05) is 5.56 Å². The van der Waals surface area contributed by atoms with Gasteiger partial charge in [-0.1, -0.05) is 55.0 Å². The van der Waals surface area contributed by atoms with Crippen LogP contribution in [0.15, 0.2) is 54.6 Å². The van der Waals surface area contributed by atoms with E-state index in [0.29, 0.717) is 11.5 Å². The molecule has 1 spiro atoms. The van der Waals surface area contributed by atoms with Crippen LogP contribution in [0.5, 0.6) is 0 Å². The molecule has 1 N–H and O–H groups in total. The Labute approximate surface area is 184 Å². The summed E-state index contributed by atoms with van der Waals surface area (Å²) in [7, 11) is 0. The van der Waals surface area contributed by atoms with Crippen LogP contribution in [0.4, 0.5) is 0 Å². The van der Waals surface area contributed by atoms with Gasteiger partial charge >= 0.3 is 0 Å². The Morgan fingerprint density at radius 3 is 2.48 bits per heavy atom. The monoisotopic (exact) mass is 420 g/mol. The number of amides is 2. The SMILES string of the molecule is Cc1cccc(C(=O)N2C(C(=O)NC(C)c3ccccc3)COC23CCC(C)CC3)c1. The third-order valence-electron chi connectivity index (χ3n) is 6.76. The molecule has 1 aliphatic carbocycles. The Bertz CT molecular complexity index is 935. The highest BCUT2D eigenvalue weighted by Gasteiger charge is 2.53. The maximum absolute atomic E-state index is 13.7. The number of rotatable bonds is 4. The number of benzene rings is 2. The highest BCUT2D eigenvalue weighted by molar-refractivity contribution is 5.98. The molecule has 5 nitrogen and oxygen atoms in total. The molecule has 2 aliphatic rings. The van der Waals surface area contributed by atoms with Gasteiger partial charge in [-0.3, -0.25) is 14.5 Å². The smallest absolute Gasteiger partial charge is 0.256 e. The van der Waals surface area contributed by atoms with Crippen molar-refractivity contribution in [1.29, 1.82) is 0 Å². The van der Waals surface area contributed by atoms with Gasteiger partial charge < -0.3 is 10.1 Å². The Balaban J connectivity index is 1.61. The predicted molar refractivity (Wildman–Crippen MR) is 120 cm³/mol. The van der Waals surface area contributed by atoms with Crippen LogP contribution in [0.1, 0.15) is 67.1 Å². The summed E-state index contributed by atoms with van der Waals surface area (Å²) in [6, 6.07) is 16.7. The summed E-state index contributed by atoms with van der Waals surface area (Å²) in [5, 5.41) is 3.10. The van der Waals surface area contributed by atoms with Crippen LogP contribution in [0.2, 0.25) is 0 Å². The van der Waals surface area contributed by atoms with Gasteiger partial charge in [-0.25, -0.2) is 0 Å². The quantitative estimate of drug-likeness (QED) is 0.785. The number of ether oxygens (including phenoxy) is 1. The molecular formula is C26H32N2O3. The van der Waals surface area contributed by atoms with E-state index in [1.54, 1.807) is 4.90 Å². The molecule has 1 heterocycles.